The van der Waals surface area contributed by atoms with Gasteiger partial charge in [-0.2, -0.15) is 13.2 Å². The number of ether oxygens (including phenoxy) is 1. The molecule has 0 atom stereocenters. The summed E-state index contributed by atoms with van der Waals surface area (Å²) in [6.45, 7) is 1.15. The van der Waals surface area contributed by atoms with E-state index < -0.39 is 11.7 Å². The van der Waals surface area contributed by atoms with Gasteiger partial charge in [0.25, 0.3) is 0 Å². The first kappa shape index (κ1) is 19.3. The predicted molar refractivity (Wildman–Crippen MR) is 87.1 cm³/mol. The van der Waals surface area contributed by atoms with Crippen molar-refractivity contribution in [2.75, 3.05) is 13.6 Å². The largest absolute Gasteiger partial charge is 0.489 e. The molecule has 23 heavy (non-hydrogen) atoms. The standard InChI is InChI=1S/C17H18F3NO.ClH/c1-21-11-10-13-4-8-16(9-5-13)22-12-14-2-6-15(7-3-14)17(18,19)20;/h2-9,21H,10-12H2,1H3;1H. The number of nitrogens with one attached hydrogen (secondary N) is 1. The molecule has 0 aliphatic carbocycles. The van der Waals surface area contributed by atoms with E-state index in [1.54, 1.807) is 0 Å². The van der Waals surface area contributed by atoms with E-state index in [1.165, 1.54) is 17.7 Å². The maximum Gasteiger partial charge on any atom is 0.416 e. The van der Waals surface area contributed by atoms with Crippen molar-refractivity contribution >= 4 is 12.4 Å². The smallest absolute Gasteiger partial charge is 0.416 e. The molecule has 0 unspecified atom stereocenters. The minimum atomic E-state index is -4.30. The Bertz CT molecular complexity index is 582. The summed E-state index contributed by atoms with van der Waals surface area (Å²) in [5.74, 6) is 0.702. The molecule has 2 rings (SSSR count). The summed E-state index contributed by atoms with van der Waals surface area (Å²) in [6.07, 6.45) is -3.36. The highest BCUT2D eigenvalue weighted by molar-refractivity contribution is 5.85. The summed E-state index contributed by atoms with van der Waals surface area (Å²) in [6, 6.07) is 12.7. The molecule has 2 nitrogen and oxygen atoms in total. The van der Waals surface area contributed by atoms with E-state index >= 15 is 0 Å². The maximum absolute atomic E-state index is 12.5. The summed E-state index contributed by atoms with van der Waals surface area (Å²) in [5.41, 5.74) is 1.26. The van der Waals surface area contributed by atoms with Crippen LogP contribution in [0.3, 0.4) is 0 Å². The highest BCUT2D eigenvalue weighted by atomic mass is 35.5. The zero-order valence-corrected chi connectivity index (χ0v) is 13.5. The van der Waals surface area contributed by atoms with E-state index in [2.05, 4.69) is 5.32 Å². The number of alkyl halides is 3. The lowest BCUT2D eigenvalue weighted by atomic mass is 10.1. The molecule has 126 valence electrons. The van der Waals surface area contributed by atoms with Crippen molar-refractivity contribution in [3.63, 3.8) is 0 Å². The Morgan fingerprint density at radius 2 is 1.48 bits per heavy atom. The van der Waals surface area contributed by atoms with Gasteiger partial charge in [0.15, 0.2) is 0 Å². The second kappa shape index (κ2) is 8.79. The Balaban J connectivity index is 0.00000264. The number of rotatable bonds is 6. The Kier molecular flexibility index (Phi) is 7.39. The number of hydrogen-bond donors (Lipinski definition) is 1. The summed E-state index contributed by atoms with van der Waals surface area (Å²) >= 11 is 0. The van der Waals surface area contributed by atoms with Gasteiger partial charge in [0.1, 0.15) is 12.4 Å². The van der Waals surface area contributed by atoms with E-state index in [9.17, 15) is 13.2 Å². The van der Waals surface area contributed by atoms with Crippen molar-refractivity contribution in [2.45, 2.75) is 19.2 Å². The van der Waals surface area contributed by atoms with Gasteiger partial charge >= 0.3 is 6.18 Å². The van der Waals surface area contributed by atoms with Crippen molar-refractivity contribution in [1.29, 1.82) is 0 Å². The van der Waals surface area contributed by atoms with Crippen molar-refractivity contribution in [2.24, 2.45) is 0 Å². The van der Waals surface area contributed by atoms with Gasteiger partial charge in [-0.3, -0.25) is 0 Å². The summed E-state index contributed by atoms with van der Waals surface area (Å²) in [5, 5.41) is 3.08. The van der Waals surface area contributed by atoms with Crippen LogP contribution >= 0.6 is 12.4 Å². The second-order valence-electron chi connectivity index (χ2n) is 4.98. The average molecular weight is 346 g/mol. The van der Waals surface area contributed by atoms with Crippen LogP contribution < -0.4 is 10.1 Å². The Hall–Kier alpha value is -1.72. The highest BCUT2D eigenvalue weighted by Crippen LogP contribution is 2.29. The van der Waals surface area contributed by atoms with E-state index in [0.29, 0.717) is 11.3 Å². The Morgan fingerprint density at radius 1 is 0.913 bits per heavy atom. The third kappa shape index (κ3) is 6.12. The quantitative estimate of drug-likeness (QED) is 0.834. The van der Waals surface area contributed by atoms with Gasteiger partial charge in [-0.15, -0.1) is 12.4 Å². The topological polar surface area (TPSA) is 21.3 Å². The summed E-state index contributed by atoms with van der Waals surface area (Å²) in [4.78, 5) is 0. The van der Waals surface area contributed by atoms with Gasteiger partial charge in [-0.25, -0.2) is 0 Å². The molecule has 0 spiro atoms. The van der Waals surface area contributed by atoms with Gasteiger partial charge in [-0.05, 0) is 55.4 Å². The molecule has 0 bridgehead atoms. The van der Waals surface area contributed by atoms with Crippen LogP contribution in [0.4, 0.5) is 13.2 Å². The first-order valence-corrected chi connectivity index (χ1v) is 7.01. The van der Waals surface area contributed by atoms with Gasteiger partial charge in [-0.1, -0.05) is 24.3 Å². The second-order valence-corrected chi connectivity index (χ2v) is 4.98. The third-order valence-corrected chi connectivity index (χ3v) is 3.27. The van der Waals surface area contributed by atoms with Crippen LogP contribution in [0.15, 0.2) is 48.5 Å². The molecule has 2 aromatic carbocycles. The van der Waals surface area contributed by atoms with E-state index in [4.69, 9.17) is 4.74 Å². The molecular weight excluding hydrogens is 327 g/mol. The zero-order chi connectivity index (χ0) is 16.0. The minimum Gasteiger partial charge on any atom is -0.489 e. The fourth-order valence-corrected chi connectivity index (χ4v) is 1.98. The van der Waals surface area contributed by atoms with Crippen molar-refractivity contribution in [3.8, 4) is 5.75 Å². The summed E-state index contributed by atoms with van der Waals surface area (Å²) in [7, 11) is 1.90. The Labute approximate surface area is 140 Å². The fraction of sp³-hybridized carbons (Fsp3) is 0.294. The highest BCUT2D eigenvalue weighted by Gasteiger charge is 2.29. The number of likely N-dealkylation sites (N-methyl/N-ethyl adjacent to an activating group) is 1. The van der Waals surface area contributed by atoms with Crippen molar-refractivity contribution in [3.05, 3.63) is 65.2 Å². The molecule has 0 fully saturated rings. The fourth-order valence-electron chi connectivity index (χ4n) is 1.98. The van der Waals surface area contributed by atoms with Gasteiger partial charge in [0.05, 0.1) is 5.56 Å². The normalized spacial score (nSPS) is 11.0. The third-order valence-electron chi connectivity index (χ3n) is 3.27. The molecule has 0 amide bonds. The molecule has 0 saturated heterocycles. The molecule has 0 aliphatic rings. The lowest BCUT2D eigenvalue weighted by Gasteiger charge is -2.09. The van der Waals surface area contributed by atoms with Crippen molar-refractivity contribution < 1.29 is 17.9 Å². The van der Waals surface area contributed by atoms with Gasteiger partial charge < -0.3 is 10.1 Å². The average Bonchev–Trinajstić information content (AvgIpc) is 2.51. The molecule has 1 N–H and O–H groups in total. The van der Waals surface area contributed by atoms with Crippen LogP contribution in [-0.2, 0) is 19.2 Å². The molecule has 0 heterocycles. The van der Waals surface area contributed by atoms with Crippen molar-refractivity contribution in [1.82, 2.24) is 5.32 Å². The first-order valence-electron chi connectivity index (χ1n) is 7.01. The predicted octanol–water partition coefficient (Wildman–Crippen LogP) is 4.47. The maximum atomic E-state index is 12.5. The SMILES string of the molecule is CNCCc1ccc(OCc2ccc(C(F)(F)F)cc2)cc1.Cl. The molecule has 0 radical (unpaired) electrons. The van der Waals surface area contributed by atoms with Crippen LogP contribution in [-0.4, -0.2) is 13.6 Å². The van der Waals surface area contributed by atoms with Gasteiger partial charge in [0, 0.05) is 0 Å². The first-order chi connectivity index (χ1) is 10.5. The van der Waals surface area contributed by atoms with Crippen LogP contribution in [0.5, 0.6) is 5.75 Å². The van der Waals surface area contributed by atoms with Crippen LogP contribution in [0.2, 0.25) is 0 Å². The number of benzene rings is 2. The van der Waals surface area contributed by atoms with Gasteiger partial charge in [0.2, 0.25) is 0 Å². The molecule has 2 aromatic rings. The lowest BCUT2D eigenvalue weighted by molar-refractivity contribution is -0.137. The number of halogens is 4. The lowest BCUT2D eigenvalue weighted by Crippen LogP contribution is -2.10. The molecule has 0 aliphatic heterocycles. The number of hydrogen-bond acceptors (Lipinski definition) is 2. The van der Waals surface area contributed by atoms with E-state index in [0.717, 1.165) is 25.1 Å². The monoisotopic (exact) mass is 345 g/mol. The Morgan fingerprint density at radius 3 is 2.00 bits per heavy atom. The van der Waals surface area contributed by atoms with Crippen LogP contribution in [0.1, 0.15) is 16.7 Å². The van der Waals surface area contributed by atoms with E-state index in [-0.39, 0.29) is 19.0 Å². The minimum absolute atomic E-state index is 0. The van der Waals surface area contributed by atoms with Crippen LogP contribution in [0, 0.1) is 0 Å². The van der Waals surface area contributed by atoms with E-state index in [1.807, 2.05) is 31.3 Å². The molecule has 0 saturated carbocycles. The molecular formula is C17H19ClF3NO. The zero-order valence-electron chi connectivity index (χ0n) is 12.7. The molecule has 0 aromatic heterocycles. The molecule has 6 heteroatoms. The van der Waals surface area contributed by atoms with Crippen LogP contribution in [0.25, 0.3) is 0 Å². The summed E-state index contributed by atoms with van der Waals surface area (Å²) < 4.78 is 43.0.